The minimum Gasteiger partial charge on any atom is -0.394 e. The number of allylic oxidation sites excluding steroid dienone is 2. The van der Waals surface area contributed by atoms with Crippen molar-refractivity contribution in [3.05, 3.63) is 86.8 Å². The number of ether oxygens (including phenoxy) is 9. The van der Waals surface area contributed by atoms with E-state index in [0.717, 1.165) is 12.2 Å². The van der Waals surface area contributed by atoms with Crippen molar-refractivity contribution < 1.29 is 81.9 Å². The predicted molar refractivity (Wildman–Crippen MR) is 399 cm³/mol. The van der Waals surface area contributed by atoms with Gasteiger partial charge in [-0.15, -0.1) is 0 Å². The lowest BCUT2D eigenvalue weighted by atomic mass is 10.0. The second kappa shape index (κ2) is 68.6. The maximum absolute atomic E-state index is 12.4. The molecule has 103 heavy (non-hydrogen) atoms. The first-order valence-corrected chi connectivity index (χ1v) is 34.0. The molecule has 0 rings (SSSR count). The fourth-order valence-corrected chi connectivity index (χ4v) is 6.55. The van der Waals surface area contributed by atoms with Crippen LogP contribution >= 0.6 is 11.6 Å². The zero-order valence-electron chi connectivity index (χ0n) is 63.1. The Balaban J connectivity index is -0.000000315. The summed E-state index contributed by atoms with van der Waals surface area (Å²) in [6, 6.07) is 5.77. The highest BCUT2D eigenvalue weighted by Crippen LogP contribution is 2.14. The molecule has 0 radical (unpaired) electrons. The molecule has 19 N–H and O–H groups in total. The monoisotopic (exact) mass is 1480 g/mol. The number of carbonyl (C=O) groups excluding carboxylic acids is 5. The van der Waals surface area contributed by atoms with E-state index in [2.05, 4.69) is 77.7 Å². The normalized spacial score (nSPS) is 14.9. The molecule has 31 nitrogen and oxygen atoms in total. The van der Waals surface area contributed by atoms with E-state index in [1.165, 1.54) is 18.2 Å². The molecule has 9 unspecified atom stereocenters. The molecule has 0 bridgehead atoms. The predicted octanol–water partition coefficient (Wildman–Crippen LogP) is 1.46. The van der Waals surface area contributed by atoms with Gasteiger partial charge in [0.2, 0.25) is 34.9 Å². The van der Waals surface area contributed by atoms with Crippen LogP contribution in [0, 0.1) is 87.9 Å². The second-order valence-electron chi connectivity index (χ2n) is 25.8. The highest BCUT2D eigenvalue weighted by Gasteiger charge is 2.35. The Hall–Kier alpha value is -6.48. The molecular formula is C71H129ClN14O17. The van der Waals surface area contributed by atoms with E-state index in [0.29, 0.717) is 122 Å². The van der Waals surface area contributed by atoms with Crippen molar-refractivity contribution >= 4 is 40.5 Å². The van der Waals surface area contributed by atoms with Gasteiger partial charge < -0.3 is 118 Å². The van der Waals surface area contributed by atoms with Crippen LogP contribution in [0.4, 0.5) is 0 Å². The zero-order valence-corrected chi connectivity index (χ0v) is 63.9. The highest BCUT2D eigenvalue weighted by atomic mass is 35.5. The number of hydrogen-bond acceptors (Lipinski definition) is 26. The molecule has 0 aromatic carbocycles. The molecule has 0 aromatic heterocycles. The largest absolute Gasteiger partial charge is 0.394 e. The average molecular weight is 1490 g/mol. The van der Waals surface area contributed by atoms with Crippen LogP contribution in [0.1, 0.15) is 69.2 Å². The minimum absolute atomic E-state index is 0.00877. The van der Waals surface area contributed by atoms with E-state index in [9.17, 15) is 24.0 Å². The summed E-state index contributed by atoms with van der Waals surface area (Å²) in [4.78, 5) is 59.5. The zero-order chi connectivity index (χ0) is 80.3. The summed E-state index contributed by atoms with van der Waals surface area (Å²) in [6.07, 6.45) is 5.80. The van der Waals surface area contributed by atoms with E-state index < -0.39 is 53.1 Å². The third-order valence-corrected chi connectivity index (χ3v) is 13.3. The lowest BCUT2D eigenvalue weighted by molar-refractivity contribution is -0.124. The molecule has 0 heterocycles. The van der Waals surface area contributed by atoms with Crippen LogP contribution in [0.3, 0.4) is 0 Å². The SMILES string of the molecule is C=C(C)C#N.C=CC(=O)Cl.C=CC(=O)NCC(C)COCC(COCC(C)CNC(=O)C=C)(COCC(C)CNC(=O)C=C)NC(=O)C=C.CC(CN)COCC(N)(COCC(C)CN)COCC(C)CN.NC(CO)(CO)CO.[C-]#[N+]C(C)COCC(N)(COCC(C)C#N)COCC(C)C#N. The number of nitriles is 3. The third-order valence-electron chi connectivity index (χ3n) is 13.1. The lowest BCUT2D eigenvalue weighted by Gasteiger charge is -2.35. The molecule has 4 amide bonds. The number of aliphatic hydroxyl groups excluding tert-OH is 3. The van der Waals surface area contributed by atoms with Gasteiger partial charge in [0, 0.05) is 32.1 Å². The molecule has 0 aromatic rings. The first-order valence-electron chi connectivity index (χ1n) is 33.6. The molecule has 0 spiro atoms. The molecule has 0 aliphatic heterocycles. The number of aliphatic hydroxyl groups is 3. The van der Waals surface area contributed by atoms with Crippen molar-refractivity contribution in [2.75, 3.05) is 178 Å². The number of carbonyl (C=O) groups is 5. The van der Waals surface area contributed by atoms with Gasteiger partial charge in [0.1, 0.15) is 12.1 Å². The lowest BCUT2D eigenvalue weighted by Crippen LogP contribution is -2.58. The van der Waals surface area contributed by atoms with Crippen LogP contribution in [0.2, 0.25) is 0 Å². The molecule has 0 saturated heterocycles. The third kappa shape index (κ3) is 69.6. The van der Waals surface area contributed by atoms with Gasteiger partial charge in [-0.2, -0.15) is 15.8 Å². The Bertz CT molecular complexity index is 2290. The van der Waals surface area contributed by atoms with E-state index in [1.54, 1.807) is 27.7 Å². The number of nitrogens with zero attached hydrogens (tertiary/aromatic N) is 4. The highest BCUT2D eigenvalue weighted by molar-refractivity contribution is 6.66. The van der Waals surface area contributed by atoms with Crippen molar-refractivity contribution in [2.45, 2.75) is 97.4 Å². The number of hydrogen-bond donors (Lipinski definition) is 13. The maximum atomic E-state index is 12.4. The molecule has 0 saturated carbocycles. The molecule has 0 aliphatic rings. The van der Waals surface area contributed by atoms with Crippen molar-refractivity contribution in [3.63, 3.8) is 0 Å². The Labute approximate surface area is 619 Å². The Morgan fingerprint density at radius 2 is 0.709 bits per heavy atom. The molecule has 0 aliphatic carbocycles. The van der Waals surface area contributed by atoms with Crippen LogP contribution in [0.5, 0.6) is 0 Å². The quantitative estimate of drug-likeness (QED) is 0.0177. The summed E-state index contributed by atoms with van der Waals surface area (Å²) in [7, 11) is 0. The van der Waals surface area contributed by atoms with E-state index >= 15 is 0 Å². The fraction of sp³-hybridized carbons (Fsp3) is 0.704. The van der Waals surface area contributed by atoms with Gasteiger partial charge in [0.25, 0.3) is 0 Å². The van der Waals surface area contributed by atoms with Crippen molar-refractivity contribution in [1.82, 2.24) is 21.3 Å². The van der Waals surface area contributed by atoms with Gasteiger partial charge in [-0.3, -0.25) is 24.0 Å². The summed E-state index contributed by atoms with van der Waals surface area (Å²) in [5.74, 6) is -0.795. The number of nitrogens with one attached hydrogen (secondary N) is 4. The van der Waals surface area contributed by atoms with Crippen LogP contribution in [0.15, 0.2) is 75.4 Å². The van der Waals surface area contributed by atoms with Crippen molar-refractivity contribution in [1.29, 1.82) is 15.8 Å². The maximum Gasteiger partial charge on any atom is 0.244 e. The summed E-state index contributed by atoms with van der Waals surface area (Å²) < 4.78 is 51.4. The summed E-state index contributed by atoms with van der Waals surface area (Å²) in [5, 5.41) is 60.9. The average Bonchev–Trinajstić information content (AvgIpc) is 0.855. The van der Waals surface area contributed by atoms with Gasteiger partial charge in [0.05, 0.1) is 179 Å². The van der Waals surface area contributed by atoms with Crippen LogP contribution < -0.4 is 55.7 Å². The molecular weight excluding hydrogens is 1360 g/mol. The van der Waals surface area contributed by atoms with Crippen LogP contribution in [-0.4, -0.2) is 250 Å². The van der Waals surface area contributed by atoms with E-state index in [4.69, 9.17) is 126 Å². The topological polar surface area (TPSA) is 509 Å². The van der Waals surface area contributed by atoms with Gasteiger partial charge in [0.15, 0.2) is 0 Å². The Morgan fingerprint density at radius 3 is 0.913 bits per heavy atom. The van der Waals surface area contributed by atoms with E-state index in [-0.39, 0.29) is 113 Å². The molecule has 592 valence electrons. The first kappa shape index (κ1) is 107. The summed E-state index contributed by atoms with van der Waals surface area (Å²) in [6.45, 7) is 53.0. The Kier molecular flexibility index (Phi) is 71.6. The van der Waals surface area contributed by atoms with Crippen molar-refractivity contribution in [2.24, 2.45) is 81.7 Å². The van der Waals surface area contributed by atoms with Gasteiger partial charge in [-0.05, 0) is 118 Å². The first-order chi connectivity index (χ1) is 48.4. The van der Waals surface area contributed by atoms with Crippen LogP contribution in [-0.2, 0) is 66.6 Å². The summed E-state index contributed by atoms with van der Waals surface area (Å²) in [5.41, 5.74) is 31.3. The van der Waals surface area contributed by atoms with Gasteiger partial charge >= 0.3 is 0 Å². The van der Waals surface area contributed by atoms with Crippen molar-refractivity contribution in [3.8, 4) is 18.2 Å². The molecule has 32 heteroatoms. The number of nitrogens with two attached hydrogens (primary N) is 6. The number of rotatable bonds is 54. The Morgan fingerprint density at radius 1 is 0.466 bits per heavy atom. The molecule has 0 fully saturated rings. The van der Waals surface area contributed by atoms with Gasteiger partial charge in [-0.25, -0.2) is 6.57 Å². The minimum atomic E-state index is -1.21. The number of halogens is 1. The number of amides is 4. The van der Waals surface area contributed by atoms with E-state index in [1.807, 2.05) is 47.6 Å². The fourth-order valence-electron chi connectivity index (χ4n) is 6.55. The summed E-state index contributed by atoms with van der Waals surface area (Å²) >= 11 is 4.71. The second-order valence-corrected chi connectivity index (χ2v) is 26.2. The molecule has 9 atom stereocenters. The smallest absolute Gasteiger partial charge is 0.244 e. The van der Waals surface area contributed by atoms with Gasteiger partial charge in [-0.1, -0.05) is 81.0 Å². The standard InChI is InChI=1S/C28H46N4O7.C16H26N4O3.C16H38N4O3.C4H11NO3.C4H5N.C3H3ClO/c1-8-24(33)29-12-21(5)15-37-18-28(32-27(36)11-4,19-38-16-22(6)13-30-25(34)9-2)20-39-17-23(7)14-31-26(35)10-3;1-13(5-17)7-21-10-16(19,11-22-8-14(2)6-18)12-23-9-15(3)20-4;1-13(4-17)7-21-10-16(20,11-22-8-14(2)5-18)12-23-9-15(3)6-19;5-4(1-6,2-7)3-8;1-4(2)3-5;1-2-3(4)5/h8-11,21-23H,1-4,12-20H2,5-7H3,(H,29,33)(H,30,34)(H,31,35)(H,32,36);13-15H,7-12,19H2,1-3H3;13-15H,4-12,17-20H2,1-3H3;6-8H,1-3,5H2;1H2,2H3;2H,1H2. The van der Waals surface area contributed by atoms with Crippen LogP contribution in [0.25, 0.3) is 4.85 Å².